The topological polar surface area (TPSA) is 52.0 Å². The zero-order valence-electron chi connectivity index (χ0n) is 12.3. The van der Waals surface area contributed by atoms with Gasteiger partial charge in [-0.25, -0.2) is 0 Å². The fourth-order valence-electron chi connectivity index (χ4n) is 3.17. The molecule has 0 aliphatic carbocycles. The molecule has 4 N–H and O–H groups in total. The maximum Gasteiger partial charge on any atom is 0.00954 e. The number of hydrogen-bond donors (Lipinski definition) is 2. The van der Waals surface area contributed by atoms with E-state index in [4.69, 9.17) is 11.5 Å². The predicted octanol–water partition coefficient (Wildman–Crippen LogP) is 3.83. The van der Waals surface area contributed by atoms with Crippen molar-refractivity contribution in [3.8, 4) is 0 Å². The summed E-state index contributed by atoms with van der Waals surface area (Å²) in [6.07, 6.45) is 11.1. The van der Waals surface area contributed by atoms with Crippen molar-refractivity contribution in [1.82, 2.24) is 0 Å². The van der Waals surface area contributed by atoms with Crippen molar-refractivity contribution in [3.05, 3.63) is 0 Å². The minimum absolute atomic E-state index is 0.380. The van der Waals surface area contributed by atoms with Crippen LogP contribution in [0.3, 0.4) is 0 Å². The Morgan fingerprint density at radius 3 is 1.88 bits per heavy atom. The summed E-state index contributed by atoms with van der Waals surface area (Å²) >= 11 is 0. The summed E-state index contributed by atoms with van der Waals surface area (Å²) in [7, 11) is 0. The summed E-state index contributed by atoms with van der Waals surface area (Å²) in [5.74, 6) is 0. The van der Waals surface area contributed by atoms with E-state index < -0.39 is 0 Å². The first-order valence-corrected chi connectivity index (χ1v) is 7.62. The number of hydrogen-bond acceptors (Lipinski definition) is 2. The maximum atomic E-state index is 6.49. The first-order valence-electron chi connectivity index (χ1n) is 7.62. The molecule has 1 unspecified atom stereocenters. The summed E-state index contributed by atoms with van der Waals surface area (Å²) < 4.78 is 0. The second-order valence-corrected chi connectivity index (χ2v) is 5.50. The largest absolute Gasteiger partial charge is 0.330 e. The molecule has 0 aromatic heterocycles. The first kappa shape index (κ1) is 16.9. The van der Waals surface area contributed by atoms with Crippen molar-refractivity contribution in [2.24, 2.45) is 16.9 Å². The molecule has 0 aliphatic heterocycles. The Labute approximate surface area is 109 Å². The minimum Gasteiger partial charge on any atom is -0.330 e. The Balaban J connectivity index is 4.57. The first-order chi connectivity index (χ1) is 8.16. The normalized spacial score (nSPS) is 13.9. The average Bonchev–Trinajstić information content (AvgIpc) is 2.30. The number of rotatable bonds is 11. The summed E-state index contributed by atoms with van der Waals surface area (Å²) in [5, 5.41) is 0. The van der Waals surface area contributed by atoms with Gasteiger partial charge in [-0.3, -0.25) is 0 Å². The Morgan fingerprint density at radius 2 is 1.47 bits per heavy atom. The van der Waals surface area contributed by atoms with Crippen molar-refractivity contribution in [2.45, 2.75) is 84.6 Å². The second-order valence-electron chi connectivity index (χ2n) is 5.50. The van der Waals surface area contributed by atoms with Crippen molar-refractivity contribution in [1.29, 1.82) is 0 Å². The predicted molar refractivity (Wildman–Crippen MR) is 78.0 cm³/mol. The van der Waals surface area contributed by atoms with Gasteiger partial charge in [0.15, 0.2) is 0 Å². The monoisotopic (exact) mass is 242 g/mol. The van der Waals surface area contributed by atoms with E-state index in [1.807, 2.05) is 0 Å². The summed E-state index contributed by atoms with van der Waals surface area (Å²) in [6, 6.07) is 0.380. The fourth-order valence-corrected chi connectivity index (χ4v) is 3.17. The summed E-state index contributed by atoms with van der Waals surface area (Å²) in [5.41, 5.74) is 12.5. The molecule has 2 heteroatoms. The SMILES string of the molecule is CCCC(N)C(CCC)(CCC)CCCCN. The average molecular weight is 242 g/mol. The van der Waals surface area contributed by atoms with Gasteiger partial charge in [0.25, 0.3) is 0 Å². The van der Waals surface area contributed by atoms with Crippen LogP contribution < -0.4 is 11.5 Å². The summed E-state index contributed by atoms with van der Waals surface area (Å²) in [4.78, 5) is 0. The number of unbranched alkanes of at least 4 members (excludes halogenated alkanes) is 1. The van der Waals surface area contributed by atoms with Gasteiger partial charge >= 0.3 is 0 Å². The van der Waals surface area contributed by atoms with Gasteiger partial charge in [0.2, 0.25) is 0 Å². The molecule has 104 valence electrons. The Kier molecular flexibility index (Phi) is 9.85. The van der Waals surface area contributed by atoms with Crippen LogP contribution in [-0.4, -0.2) is 12.6 Å². The molecular formula is C15H34N2. The molecule has 0 radical (unpaired) electrons. The van der Waals surface area contributed by atoms with E-state index in [1.54, 1.807) is 0 Å². The third-order valence-corrected chi connectivity index (χ3v) is 4.01. The molecule has 0 aromatic rings. The van der Waals surface area contributed by atoms with Crippen molar-refractivity contribution in [2.75, 3.05) is 6.54 Å². The van der Waals surface area contributed by atoms with Crippen LogP contribution in [-0.2, 0) is 0 Å². The van der Waals surface area contributed by atoms with Gasteiger partial charge in [-0.1, -0.05) is 46.5 Å². The molecule has 2 nitrogen and oxygen atoms in total. The van der Waals surface area contributed by atoms with E-state index in [2.05, 4.69) is 20.8 Å². The molecule has 0 heterocycles. The smallest absolute Gasteiger partial charge is 0.00954 e. The summed E-state index contributed by atoms with van der Waals surface area (Å²) in [6.45, 7) is 7.62. The molecule has 0 spiro atoms. The minimum atomic E-state index is 0.380. The van der Waals surface area contributed by atoms with Crippen LogP contribution in [0, 0.1) is 5.41 Å². The van der Waals surface area contributed by atoms with E-state index in [0.29, 0.717) is 11.5 Å². The standard InChI is InChI=1S/C15H34N2/c1-4-9-14(17)15(10-5-2,11-6-3)12-7-8-13-16/h14H,4-13,16-17H2,1-3H3. The number of nitrogens with two attached hydrogens (primary N) is 2. The molecule has 0 saturated carbocycles. The van der Waals surface area contributed by atoms with Crippen LogP contribution in [0.1, 0.15) is 78.6 Å². The highest BCUT2D eigenvalue weighted by Crippen LogP contribution is 2.39. The lowest BCUT2D eigenvalue weighted by Crippen LogP contribution is -2.42. The Hall–Kier alpha value is -0.0800. The Bertz CT molecular complexity index is 162. The highest BCUT2D eigenvalue weighted by atomic mass is 14.7. The van der Waals surface area contributed by atoms with Crippen LogP contribution in [0.2, 0.25) is 0 Å². The van der Waals surface area contributed by atoms with Gasteiger partial charge in [-0.2, -0.15) is 0 Å². The lowest BCUT2D eigenvalue weighted by Gasteiger charge is -2.39. The molecule has 0 saturated heterocycles. The van der Waals surface area contributed by atoms with E-state index in [1.165, 1.54) is 51.4 Å². The molecule has 0 fully saturated rings. The molecular weight excluding hydrogens is 208 g/mol. The third kappa shape index (κ3) is 5.87. The molecule has 0 aliphatic rings. The van der Waals surface area contributed by atoms with Gasteiger partial charge in [-0.15, -0.1) is 0 Å². The quantitative estimate of drug-likeness (QED) is 0.541. The van der Waals surface area contributed by atoms with Crippen molar-refractivity contribution < 1.29 is 0 Å². The third-order valence-electron chi connectivity index (χ3n) is 4.01. The van der Waals surface area contributed by atoms with Gasteiger partial charge in [0, 0.05) is 6.04 Å². The zero-order chi connectivity index (χ0) is 13.1. The van der Waals surface area contributed by atoms with Crippen molar-refractivity contribution in [3.63, 3.8) is 0 Å². The maximum absolute atomic E-state index is 6.49. The molecule has 17 heavy (non-hydrogen) atoms. The van der Waals surface area contributed by atoms with Gasteiger partial charge in [0.05, 0.1) is 0 Å². The Morgan fingerprint density at radius 1 is 0.882 bits per heavy atom. The molecule has 1 atom stereocenters. The highest BCUT2D eigenvalue weighted by Gasteiger charge is 2.33. The van der Waals surface area contributed by atoms with Gasteiger partial charge < -0.3 is 11.5 Å². The van der Waals surface area contributed by atoms with Crippen LogP contribution in [0.4, 0.5) is 0 Å². The van der Waals surface area contributed by atoms with E-state index in [-0.39, 0.29) is 0 Å². The van der Waals surface area contributed by atoms with Gasteiger partial charge in [0.1, 0.15) is 0 Å². The fraction of sp³-hybridized carbons (Fsp3) is 1.00. The molecule has 0 bridgehead atoms. The lowest BCUT2D eigenvalue weighted by atomic mass is 9.69. The van der Waals surface area contributed by atoms with E-state index in [0.717, 1.165) is 13.0 Å². The van der Waals surface area contributed by atoms with Crippen LogP contribution >= 0.6 is 0 Å². The molecule has 0 rings (SSSR count). The van der Waals surface area contributed by atoms with Crippen LogP contribution in [0.15, 0.2) is 0 Å². The zero-order valence-corrected chi connectivity index (χ0v) is 12.3. The van der Waals surface area contributed by atoms with Crippen LogP contribution in [0.5, 0.6) is 0 Å². The molecule has 0 amide bonds. The lowest BCUT2D eigenvalue weighted by molar-refractivity contribution is 0.151. The second kappa shape index (κ2) is 9.90. The molecule has 0 aromatic carbocycles. The van der Waals surface area contributed by atoms with Gasteiger partial charge in [-0.05, 0) is 44.1 Å². The van der Waals surface area contributed by atoms with E-state index >= 15 is 0 Å². The highest BCUT2D eigenvalue weighted by molar-refractivity contribution is 4.88. The van der Waals surface area contributed by atoms with Crippen LogP contribution in [0.25, 0.3) is 0 Å². The van der Waals surface area contributed by atoms with Crippen molar-refractivity contribution >= 4 is 0 Å². The van der Waals surface area contributed by atoms with E-state index in [9.17, 15) is 0 Å².